The molecule has 2 aromatic rings. The summed E-state index contributed by atoms with van der Waals surface area (Å²) in [6.07, 6.45) is 0. The van der Waals surface area contributed by atoms with Crippen molar-refractivity contribution in [1.29, 1.82) is 0 Å². The van der Waals surface area contributed by atoms with Gasteiger partial charge in [-0.25, -0.2) is 9.07 Å². The summed E-state index contributed by atoms with van der Waals surface area (Å²) in [4.78, 5) is 11.7. The molecule has 1 aromatic heterocycles. The number of halogens is 1. The number of carbonyl (C=O) groups is 1. The molecule has 112 valence electrons. The highest BCUT2D eigenvalue weighted by Crippen LogP contribution is 2.12. The molecule has 1 aromatic carbocycles. The molecule has 0 aliphatic heterocycles. The van der Waals surface area contributed by atoms with Crippen LogP contribution in [-0.4, -0.2) is 38.4 Å². The van der Waals surface area contributed by atoms with Crippen LogP contribution in [0.25, 0.3) is 0 Å². The maximum Gasteiger partial charge on any atom is 0.230 e. The van der Waals surface area contributed by atoms with Crippen LogP contribution >= 0.6 is 11.8 Å². The zero-order valence-corrected chi connectivity index (χ0v) is 12.0. The maximum absolute atomic E-state index is 12.7. The van der Waals surface area contributed by atoms with Gasteiger partial charge in [0.2, 0.25) is 11.1 Å². The third-order valence-corrected chi connectivity index (χ3v) is 3.53. The molecule has 0 fully saturated rings. The molecular formula is C12H15FN6OS. The molecule has 0 atom stereocenters. The van der Waals surface area contributed by atoms with E-state index in [-0.39, 0.29) is 17.5 Å². The Balaban J connectivity index is 1.77. The predicted molar refractivity (Wildman–Crippen MR) is 75.8 cm³/mol. The van der Waals surface area contributed by atoms with E-state index in [1.165, 1.54) is 23.9 Å². The number of nitrogens with one attached hydrogen (secondary N) is 1. The number of aromatic nitrogens is 4. The number of benzene rings is 1. The van der Waals surface area contributed by atoms with E-state index in [0.717, 1.165) is 5.56 Å². The lowest BCUT2D eigenvalue weighted by molar-refractivity contribution is -0.118. The highest BCUT2D eigenvalue weighted by molar-refractivity contribution is 7.99. The van der Waals surface area contributed by atoms with Crippen LogP contribution in [0.3, 0.4) is 0 Å². The van der Waals surface area contributed by atoms with Crippen molar-refractivity contribution in [2.75, 3.05) is 12.3 Å². The first-order valence-corrected chi connectivity index (χ1v) is 7.28. The summed E-state index contributed by atoms with van der Waals surface area (Å²) in [5, 5.41) is 14.4. The molecule has 0 saturated carbocycles. The van der Waals surface area contributed by atoms with E-state index in [9.17, 15) is 9.18 Å². The quantitative estimate of drug-likeness (QED) is 0.708. The number of amides is 1. The van der Waals surface area contributed by atoms with E-state index < -0.39 is 0 Å². The van der Waals surface area contributed by atoms with Gasteiger partial charge in [0.1, 0.15) is 5.82 Å². The SMILES string of the molecule is NCCn1nnnc1SCC(=O)NCc1ccc(F)cc1. The van der Waals surface area contributed by atoms with Gasteiger partial charge in [0.25, 0.3) is 0 Å². The number of carbonyl (C=O) groups excluding carboxylic acids is 1. The number of tetrazole rings is 1. The second kappa shape index (κ2) is 7.70. The Kier molecular flexibility index (Phi) is 5.64. The molecule has 0 saturated heterocycles. The number of nitrogens with zero attached hydrogens (tertiary/aromatic N) is 4. The summed E-state index contributed by atoms with van der Waals surface area (Å²) in [5.41, 5.74) is 6.27. The van der Waals surface area contributed by atoms with E-state index in [0.29, 0.717) is 24.8 Å². The van der Waals surface area contributed by atoms with E-state index in [1.807, 2.05) is 0 Å². The molecule has 1 heterocycles. The van der Waals surface area contributed by atoms with E-state index >= 15 is 0 Å². The van der Waals surface area contributed by atoms with Crippen LogP contribution in [0.2, 0.25) is 0 Å². The molecule has 2 rings (SSSR count). The lowest BCUT2D eigenvalue weighted by Crippen LogP contribution is -2.24. The Morgan fingerprint density at radius 1 is 1.38 bits per heavy atom. The first kappa shape index (κ1) is 15.4. The van der Waals surface area contributed by atoms with Gasteiger partial charge in [0.15, 0.2) is 0 Å². The van der Waals surface area contributed by atoms with E-state index in [4.69, 9.17) is 5.73 Å². The average molecular weight is 310 g/mol. The highest BCUT2D eigenvalue weighted by Gasteiger charge is 2.09. The Hall–Kier alpha value is -2.00. The van der Waals surface area contributed by atoms with Crippen molar-refractivity contribution in [1.82, 2.24) is 25.5 Å². The average Bonchev–Trinajstić information content (AvgIpc) is 2.92. The highest BCUT2D eigenvalue weighted by atomic mass is 32.2. The van der Waals surface area contributed by atoms with E-state index in [2.05, 4.69) is 20.8 Å². The smallest absolute Gasteiger partial charge is 0.230 e. The minimum absolute atomic E-state index is 0.147. The number of rotatable bonds is 7. The van der Waals surface area contributed by atoms with E-state index in [1.54, 1.807) is 16.8 Å². The normalized spacial score (nSPS) is 10.6. The lowest BCUT2D eigenvalue weighted by atomic mass is 10.2. The van der Waals surface area contributed by atoms with Gasteiger partial charge in [-0.1, -0.05) is 23.9 Å². The van der Waals surface area contributed by atoms with Crippen molar-refractivity contribution < 1.29 is 9.18 Å². The molecule has 9 heteroatoms. The molecule has 0 unspecified atom stereocenters. The summed E-state index contributed by atoms with van der Waals surface area (Å²) >= 11 is 1.24. The Morgan fingerprint density at radius 3 is 2.86 bits per heavy atom. The van der Waals surface area contributed by atoms with Crippen molar-refractivity contribution in [3.8, 4) is 0 Å². The number of nitrogens with two attached hydrogens (primary N) is 1. The first-order chi connectivity index (χ1) is 10.2. The largest absolute Gasteiger partial charge is 0.351 e. The molecule has 3 N–H and O–H groups in total. The van der Waals surface area contributed by atoms with Gasteiger partial charge in [-0.15, -0.1) is 5.10 Å². The molecule has 21 heavy (non-hydrogen) atoms. The summed E-state index contributed by atoms with van der Waals surface area (Å²) in [6, 6.07) is 5.98. The van der Waals surface area contributed by atoms with Crippen LogP contribution in [-0.2, 0) is 17.9 Å². The van der Waals surface area contributed by atoms with Crippen LogP contribution in [0.15, 0.2) is 29.4 Å². The van der Waals surface area contributed by atoms with Gasteiger partial charge >= 0.3 is 0 Å². The van der Waals surface area contributed by atoms with Crippen molar-refractivity contribution in [2.45, 2.75) is 18.2 Å². The first-order valence-electron chi connectivity index (χ1n) is 6.29. The molecule has 0 spiro atoms. The standard InChI is InChI=1S/C12H15FN6OS/c13-10-3-1-9(2-4-10)7-15-11(20)8-21-12-16-17-18-19(12)6-5-14/h1-4H,5-8,14H2,(H,15,20). The summed E-state index contributed by atoms with van der Waals surface area (Å²) in [6.45, 7) is 1.29. The second-order valence-electron chi connectivity index (χ2n) is 4.17. The van der Waals surface area contributed by atoms with Crippen molar-refractivity contribution in [2.24, 2.45) is 5.73 Å². The summed E-state index contributed by atoms with van der Waals surface area (Å²) in [7, 11) is 0. The zero-order chi connectivity index (χ0) is 15.1. The topological polar surface area (TPSA) is 98.7 Å². The van der Waals surface area contributed by atoms with Crippen LogP contribution in [0.4, 0.5) is 4.39 Å². The van der Waals surface area contributed by atoms with Gasteiger partial charge in [-0.3, -0.25) is 4.79 Å². The fourth-order valence-electron chi connectivity index (χ4n) is 1.55. The van der Waals surface area contributed by atoms with Crippen LogP contribution in [0.5, 0.6) is 0 Å². The summed E-state index contributed by atoms with van der Waals surface area (Å²) in [5.74, 6) is -0.245. The fraction of sp³-hybridized carbons (Fsp3) is 0.333. The van der Waals surface area contributed by atoms with Crippen LogP contribution < -0.4 is 11.1 Å². The predicted octanol–water partition coefficient (Wildman–Crippen LogP) is 0.179. The lowest BCUT2D eigenvalue weighted by Gasteiger charge is -2.05. The molecule has 0 radical (unpaired) electrons. The molecule has 0 aliphatic rings. The molecule has 0 bridgehead atoms. The Morgan fingerprint density at radius 2 is 2.14 bits per heavy atom. The number of hydrogen-bond acceptors (Lipinski definition) is 6. The zero-order valence-electron chi connectivity index (χ0n) is 11.2. The minimum atomic E-state index is -0.299. The second-order valence-corrected chi connectivity index (χ2v) is 5.11. The monoisotopic (exact) mass is 310 g/mol. The van der Waals surface area contributed by atoms with Gasteiger partial charge in [0, 0.05) is 13.1 Å². The minimum Gasteiger partial charge on any atom is -0.351 e. The number of hydrogen-bond donors (Lipinski definition) is 2. The fourth-order valence-corrected chi connectivity index (χ4v) is 2.28. The number of thioether (sulfide) groups is 1. The maximum atomic E-state index is 12.7. The summed E-state index contributed by atoms with van der Waals surface area (Å²) < 4.78 is 14.3. The molecule has 1 amide bonds. The van der Waals surface area contributed by atoms with Gasteiger partial charge in [-0.05, 0) is 28.1 Å². The molecular weight excluding hydrogens is 295 g/mol. The van der Waals surface area contributed by atoms with Gasteiger partial charge < -0.3 is 11.1 Å². The van der Waals surface area contributed by atoms with Crippen LogP contribution in [0.1, 0.15) is 5.56 Å². The third kappa shape index (κ3) is 4.80. The van der Waals surface area contributed by atoms with Gasteiger partial charge in [-0.2, -0.15) is 0 Å². The molecule has 0 aliphatic carbocycles. The Labute approximate surface area is 125 Å². The van der Waals surface area contributed by atoms with Crippen molar-refractivity contribution >= 4 is 17.7 Å². The van der Waals surface area contributed by atoms with Crippen molar-refractivity contribution in [3.63, 3.8) is 0 Å². The molecule has 7 nitrogen and oxygen atoms in total. The van der Waals surface area contributed by atoms with Crippen molar-refractivity contribution in [3.05, 3.63) is 35.6 Å². The third-order valence-electron chi connectivity index (χ3n) is 2.58. The van der Waals surface area contributed by atoms with Crippen LogP contribution in [0, 0.1) is 5.82 Å². The van der Waals surface area contributed by atoms with Gasteiger partial charge in [0.05, 0.1) is 12.3 Å². The Bertz CT molecular complexity index is 588.